The van der Waals surface area contributed by atoms with Crippen LogP contribution in [0.4, 0.5) is 0 Å². The first-order chi connectivity index (χ1) is 20.4. The maximum absolute atomic E-state index is 13.2. The van der Waals surface area contributed by atoms with Gasteiger partial charge in [0.05, 0.1) is 32.7 Å². The van der Waals surface area contributed by atoms with Gasteiger partial charge in [0.2, 0.25) is 11.8 Å². The van der Waals surface area contributed by atoms with Crippen molar-refractivity contribution < 1.29 is 33.7 Å². The topological polar surface area (TPSA) is 126 Å². The molecule has 10 heteroatoms. The molecule has 3 N–H and O–H groups in total. The van der Waals surface area contributed by atoms with Gasteiger partial charge in [0.15, 0.2) is 18.1 Å². The average molecular weight is 574 g/mol. The molecule has 2 atom stereocenters. The number of ether oxygens (including phenoxy) is 3. The van der Waals surface area contributed by atoms with Crippen molar-refractivity contribution in [3.8, 4) is 17.2 Å². The number of carbonyl (C=O) groups is 3. The van der Waals surface area contributed by atoms with E-state index < -0.39 is 12.1 Å². The minimum Gasteiger partial charge on any atom is -0.493 e. The van der Waals surface area contributed by atoms with Gasteiger partial charge in [-0.2, -0.15) is 0 Å². The summed E-state index contributed by atoms with van der Waals surface area (Å²) in [4.78, 5) is 40.4. The molecule has 0 unspecified atom stereocenters. The van der Waals surface area contributed by atoms with E-state index in [0.717, 1.165) is 22.3 Å². The molecule has 3 amide bonds. The third-order valence-corrected chi connectivity index (χ3v) is 7.45. The summed E-state index contributed by atoms with van der Waals surface area (Å²) in [5.74, 6) is 1.05. The van der Waals surface area contributed by atoms with E-state index in [4.69, 9.17) is 14.2 Å². The van der Waals surface area contributed by atoms with E-state index in [9.17, 15) is 19.5 Å². The molecule has 8 rings (SSSR count). The largest absolute Gasteiger partial charge is 0.493 e. The van der Waals surface area contributed by atoms with Crippen LogP contribution >= 0.6 is 0 Å². The number of hydrogen-bond donors (Lipinski definition) is 3. The SMILES string of the molecule is COc1cc2ccc1OCC(=O)NCc1ccc(cc1)O[C@H]1CN(C(=O)Cc3ccc(CO)cc3)C[C@@H]1NC(=O)CC2. The smallest absolute Gasteiger partial charge is 0.258 e. The summed E-state index contributed by atoms with van der Waals surface area (Å²) >= 11 is 0. The number of rotatable bonds is 4. The normalized spacial score (nSPS) is 19.2. The van der Waals surface area contributed by atoms with Gasteiger partial charge in [-0.15, -0.1) is 0 Å². The number of hydrogen-bond acceptors (Lipinski definition) is 7. The fourth-order valence-electron chi connectivity index (χ4n) is 5.06. The molecule has 0 radical (unpaired) electrons. The number of carbonyl (C=O) groups excluding carboxylic acids is 3. The number of likely N-dealkylation sites (tertiary alicyclic amines) is 1. The third kappa shape index (κ3) is 7.38. The van der Waals surface area contributed by atoms with E-state index in [1.165, 1.54) is 7.11 Å². The van der Waals surface area contributed by atoms with E-state index in [1.807, 2.05) is 42.5 Å². The highest BCUT2D eigenvalue weighted by atomic mass is 16.5. The number of nitrogens with one attached hydrogen (secondary N) is 2. The maximum atomic E-state index is 13.2. The highest BCUT2D eigenvalue weighted by Gasteiger charge is 2.37. The third-order valence-electron chi connectivity index (χ3n) is 7.45. The number of aliphatic hydroxyl groups excluding tert-OH is 1. The van der Waals surface area contributed by atoms with E-state index in [1.54, 1.807) is 29.2 Å². The molecule has 1 saturated heterocycles. The lowest BCUT2D eigenvalue weighted by atomic mass is 10.1. The number of methoxy groups -OCH3 is 1. The summed E-state index contributed by atoms with van der Waals surface area (Å²) in [5, 5.41) is 15.2. The van der Waals surface area contributed by atoms with Crippen LogP contribution < -0.4 is 24.8 Å². The second kappa shape index (κ2) is 13.4. The van der Waals surface area contributed by atoms with Crippen molar-refractivity contribution in [2.45, 2.75) is 44.6 Å². The van der Waals surface area contributed by atoms with Crippen LogP contribution in [-0.4, -0.2) is 66.7 Å². The van der Waals surface area contributed by atoms with Crippen molar-refractivity contribution >= 4 is 17.7 Å². The maximum Gasteiger partial charge on any atom is 0.258 e. The number of aliphatic hydroxyl groups is 1. The molecule has 0 spiro atoms. The minimum absolute atomic E-state index is 0.0520. The van der Waals surface area contributed by atoms with E-state index >= 15 is 0 Å². The molecule has 42 heavy (non-hydrogen) atoms. The van der Waals surface area contributed by atoms with Crippen molar-refractivity contribution in [1.82, 2.24) is 15.5 Å². The Bertz CT molecular complexity index is 1410. The van der Waals surface area contributed by atoms with Gasteiger partial charge < -0.3 is 34.9 Å². The predicted molar refractivity (Wildman–Crippen MR) is 154 cm³/mol. The molecule has 0 aromatic heterocycles. The lowest BCUT2D eigenvalue weighted by Gasteiger charge is -2.21. The van der Waals surface area contributed by atoms with Gasteiger partial charge >= 0.3 is 0 Å². The molecular formula is C32H35N3O7. The van der Waals surface area contributed by atoms with Crippen LogP contribution in [0.5, 0.6) is 17.2 Å². The molecular weight excluding hydrogens is 538 g/mol. The summed E-state index contributed by atoms with van der Waals surface area (Å²) in [6, 6.07) is 19.6. The van der Waals surface area contributed by atoms with E-state index in [-0.39, 0.29) is 43.8 Å². The highest BCUT2D eigenvalue weighted by molar-refractivity contribution is 5.80. The van der Waals surface area contributed by atoms with Gasteiger partial charge in [-0.1, -0.05) is 42.5 Å². The molecule has 220 valence electrons. The molecule has 10 nitrogen and oxygen atoms in total. The van der Waals surface area contributed by atoms with Gasteiger partial charge in [0, 0.05) is 19.5 Å². The van der Waals surface area contributed by atoms with Crippen LogP contribution in [0.3, 0.4) is 0 Å². The zero-order valence-corrected chi connectivity index (χ0v) is 23.5. The van der Waals surface area contributed by atoms with E-state index in [0.29, 0.717) is 43.3 Å². The molecule has 1 fully saturated rings. The van der Waals surface area contributed by atoms with Crippen LogP contribution in [0.1, 0.15) is 28.7 Å². The van der Waals surface area contributed by atoms with Crippen molar-refractivity contribution in [1.29, 1.82) is 0 Å². The van der Waals surface area contributed by atoms with Crippen molar-refractivity contribution in [3.05, 3.63) is 89.0 Å². The summed E-state index contributed by atoms with van der Waals surface area (Å²) in [5.41, 5.74) is 3.40. The second-order valence-electron chi connectivity index (χ2n) is 10.5. The Morgan fingerprint density at radius 1 is 0.952 bits per heavy atom. The molecule has 5 aliphatic rings. The molecule has 0 saturated carbocycles. The summed E-state index contributed by atoms with van der Waals surface area (Å²) in [6.07, 6.45) is 0.465. The average Bonchev–Trinajstić information content (AvgIpc) is 3.40. The Labute approximate surface area is 244 Å². The van der Waals surface area contributed by atoms with Crippen molar-refractivity contribution in [3.63, 3.8) is 0 Å². The molecule has 4 bridgehead atoms. The number of nitrogens with zero attached hydrogens (tertiary/aromatic N) is 1. The first-order valence-corrected chi connectivity index (χ1v) is 14.0. The summed E-state index contributed by atoms with van der Waals surface area (Å²) in [6.45, 7) is 0.764. The molecule has 3 aromatic carbocycles. The van der Waals surface area contributed by atoms with Gasteiger partial charge in [-0.3, -0.25) is 14.4 Å². The van der Waals surface area contributed by atoms with Gasteiger partial charge in [0.1, 0.15) is 11.9 Å². The lowest BCUT2D eigenvalue weighted by molar-refractivity contribution is -0.130. The molecule has 3 aromatic rings. The fourth-order valence-corrected chi connectivity index (χ4v) is 5.06. The Balaban J connectivity index is 1.33. The number of aryl methyl sites for hydroxylation is 1. The van der Waals surface area contributed by atoms with E-state index in [2.05, 4.69) is 10.6 Å². The first-order valence-electron chi connectivity index (χ1n) is 14.0. The Morgan fingerprint density at radius 3 is 2.43 bits per heavy atom. The molecule has 5 heterocycles. The standard InChI is InChI=1S/C32H35N3O7/c1-40-28-14-21-8-12-27(28)41-20-31(38)33-16-23-6-10-25(11-7-23)42-29-18-35(17-26(29)34-30(37)13-9-21)32(39)15-22-2-4-24(19-36)5-3-22/h2-8,10-12,14,26,29,36H,9,13,15-20H2,1H3,(H,33,38)(H,34,37)/t26-,29-/m0/s1. The van der Waals surface area contributed by atoms with Gasteiger partial charge in [-0.05, 0) is 52.9 Å². The quantitative estimate of drug-likeness (QED) is 0.437. The number of benzene rings is 3. The Kier molecular flexibility index (Phi) is 9.23. The Morgan fingerprint density at radius 2 is 1.69 bits per heavy atom. The molecule has 5 aliphatic heterocycles. The van der Waals surface area contributed by atoms with Crippen LogP contribution in [0.25, 0.3) is 0 Å². The van der Waals surface area contributed by atoms with Crippen molar-refractivity contribution in [2.75, 3.05) is 26.8 Å². The lowest BCUT2D eigenvalue weighted by Crippen LogP contribution is -2.45. The first kappa shape index (κ1) is 28.9. The van der Waals surface area contributed by atoms with Crippen LogP contribution in [0, 0.1) is 0 Å². The summed E-state index contributed by atoms with van der Waals surface area (Å²) in [7, 11) is 1.53. The fraction of sp³-hybridized carbons (Fsp3) is 0.344. The van der Waals surface area contributed by atoms with Crippen LogP contribution in [-0.2, 0) is 40.4 Å². The highest BCUT2D eigenvalue weighted by Crippen LogP contribution is 2.29. The second-order valence-corrected chi connectivity index (χ2v) is 10.5. The predicted octanol–water partition coefficient (Wildman–Crippen LogP) is 2.15. The van der Waals surface area contributed by atoms with Gasteiger partial charge in [-0.25, -0.2) is 0 Å². The van der Waals surface area contributed by atoms with Gasteiger partial charge in [0.25, 0.3) is 5.91 Å². The number of amides is 3. The minimum atomic E-state index is -0.442. The van der Waals surface area contributed by atoms with Crippen LogP contribution in [0.15, 0.2) is 66.7 Å². The van der Waals surface area contributed by atoms with Crippen molar-refractivity contribution in [2.24, 2.45) is 0 Å². The van der Waals surface area contributed by atoms with Crippen LogP contribution in [0.2, 0.25) is 0 Å². The summed E-state index contributed by atoms with van der Waals surface area (Å²) < 4.78 is 17.4. The molecule has 0 aliphatic carbocycles. The monoisotopic (exact) mass is 573 g/mol. The zero-order valence-electron chi connectivity index (χ0n) is 23.5. The zero-order chi connectivity index (χ0) is 29.5. The Hall–Kier alpha value is -4.57.